The SMILES string of the molecule is C\C1=C/C=C\C=N/C2(C)C=C(c3cccc4ccccc34)CC12. The van der Waals surface area contributed by atoms with Gasteiger partial charge in [0.1, 0.15) is 0 Å². The highest BCUT2D eigenvalue weighted by Gasteiger charge is 2.39. The fourth-order valence-corrected chi connectivity index (χ4v) is 3.96. The van der Waals surface area contributed by atoms with Gasteiger partial charge in [-0.15, -0.1) is 0 Å². The Labute approximate surface area is 137 Å². The number of hydrogen-bond acceptors (Lipinski definition) is 1. The maximum atomic E-state index is 4.85. The summed E-state index contributed by atoms with van der Waals surface area (Å²) in [5, 5.41) is 2.64. The van der Waals surface area contributed by atoms with Crippen LogP contribution in [0, 0.1) is 5.92 Å². The summed E-state index contributed by atoms with van der Waals surface area (Å²) < 4.78 is 0. The van der Waals surface area contributed by atoms with Gasteiger partial charge in [0.25, 0.3) is 0 Å². The summed E-state index contributed by atoms with van der Waals surface area (Å²) in [4.78, 5) is 4.85. The molecule has 0 spiro atoms. The van der Waals surface area contributed by atoms with Crippen LogP contribution in [0.4, 0.5) is 0 Å². The minimum Gasteiger partial charge on any atom is -0.282 e. The van der Waals surface area contributed by atoms with E-state index in [0.717, 1.165) is 6.42 Å². The van der Waals surface area contributed by atoms with Gasteiger partial charge < -0.3 is 0 Å². The molecule has 1 nitrogen and oxygen atoms in total. The molecule has 4 rings (SSSR count). The Kier molecular flexibility index (Phi) is 3.30. The first-order valence-electron chi connectivity index (χ1n) is 8.26. The predicted molar refractivity (Wildman–Crippen MR) is 99.8 cm³/mol. The number of rotatable bonds is 1. The van der Waals surface area contributed by atoms with Crippen LogP contribution in [-0.4, -0.2) is 11.8 Å². The van der Waals surface area contributed by atoms with Gasteiger partial charge in [-0.1, -0.05) is 66.3 Å². The van der Waals surface area contributed by atoms with Gasteiger partial charge >= 0.3 is 0 Å². The monoisotopic (exact) mass is 299 g/mol. The van der Waals surface area contributed by atoms with E-state index >= 15 is 0 Å². The molecule has 2 aromatic rings. The summed E-state index contributed by atoms with van der Waals surface area (Å²) in [5.74, 6) is 0.442. The molecular formula is C22H21N. The molecule has 2 atom stereocenters. The number of allylic oxidation sites excluding steroid dienone is 4. The first kappa shape index (κ1) is 14.2. The second-order valence-electron chi connectivity index (χ2n) is 6.75. The molecule has 0 bridgehead atoms. The summed E-state index contributed by atoms with van der Waals surface area (Å²) in [6, 6.07) is 15.2. The molecule has 0 saturated carbocycles. The van der Waals surface area contributed by atoms with Gasteiger partial charge in [0.05, 0.1) is 5.54 Å². The Morgan fingerprint density at radius 3 is 2.78 bits per heavy atom. The molecule has 1 aliphatic heterocycles. The maximum Gasteiger partial charge on any atom is 0.0833 e. The maximum absolute atomic E-state index is 4.85. The lowest BCUT2D eigenvalue weighted by molar-refractivity contribution is 0.445. The van der Waals surface area contributed by atoms with Crippen LogP contribution in [0.15, 0.2) is 77.3 Å². The Morgan fingerprint density at radius 2 is 1.87 bits per heavy atom. The molecule has 0 fully saturated rings. The predicted octanol–water partition coefficient (Wildman–Crippen LogP) is 5.59. The van der Waals surface area contributed by atoms with Crippen LogP contribution in [-0.2, 0) is 0 Å². The second kappa shape index (κ2) is 5.34. The molecule has 114 valence electrons. The van der Waals surface area contributed by atoms with Gasteiger partial charge in [-0.3, -0.25) is 4.99 Å². The molecule has 2 aliphatic rings. The van der Waals surface area contributed by atoms with Crippen molar-refractivity contribution in [2.45, 2.75) is 25.8 Å². The minimum absolute atomic E-state index is 0.141. The third-order valence-corrected chi connectivity index (χ3v) is 5.19. The number of benzene rings is 2. The molecule has 0 amide bonds. The normalized spacial score (nSPS) is 31.5. The van der Waals surface area contributed by atoms with Crippen LogP contribution in [0.2, 0.25) is 0 Å². The molecular weight excluding hydrogens is 278 g/mol. The highest BCUT2D eigenvalue weighted by Crippen LogP contribution is 2.46. The smallest absolute Gasteiger partial charge is 0.0833 e. The molecule has 2 unspecified atom stereocenters. The van der Waals surface area contributed by atoms with Crippen molar-refractivity contribution in [3.63, 3.8) is 0 Å². The van der Waals surface area contributed by atoms with Gasteiger partial charge in [0.15, 0.2) is 0 Å². The molecule has 0 aromatic heterocycles. The Morgan fingerprint density at radius 1 is 1.04 bits per heavy atom. The molecule has 1 heterocycles. The topological polar surface area (TPSA) is 12.4 Å². The van der Waals surface area contributed by atoms with Crippen molar-refractivity contribution in [2.75, 3.05) is 0 Å². The van der Waals surface area contributed by atoms with Crippen LogP contribution in [0.3, 0.4) is 0 Å². The number of aliphatic imine (C=N–C) groups is 1. The van der Waals surface area contributed by atoms with E-state index < -0.39 is 0 Å². The van der Waals surface area contributed by atoms with E-state index in [1.807, 2.05) is 12.3 Å². The highest BCUT2D eigenvalue weighted by molar-refractivity contribution is 5.94. The van der Waals surface area contributed by atoms with Crippen molar-refractivity contribution in [2.24, 2.45) is 10.9 Å². The highest BCUT2D eigenvalue weighted by atomic mass is 14.9. The average Bonchev–Trinajstić information content (AvgIpc) is 2.90. The van der Waals surface area contributed by atoms with Crippen molar-refractivity contribution in [1.29, 1.82) is 0 Å². The van der Waals surface area contributed by atoms with Crippen molar-refractivity contribution in [3.8, 4) is 0 Å². The lowest BCUT2D eigenvalue weighted by Crippen LogP contribution is -2.28. The van der Waals surface area contributed by atoms with Crippen molar-refractivity contribution >= 4 is 22.6 Å². The Bertz CT molecular complexity index is 876. The summed E-state index contributed by atoms with van der Waals surface area (Å²) in [7, 11) is 0. The molecule has 0 saturated heterocycles. The summed E-state index contributed by atoms with van der Waals surface area (Å²) in [6.45, 7) is 4.48. The van der Waals surface area contributed by atoms with Gasteiger partial charge in [-0.2, -0.15) is 0 Å². The van der Waals surface area contributed by atoms with E-state index in [1.165, 1.54) is 27.5 Å². The lowest BCUT2D eigenvalue weighted by Gasteiger charge is -2.28. The van der Waals surface area contributed by atoms with Crippen molar-refractivity contribution in [1.82, 2.24) is 0 Å². The van der Waals surface area contributed by atoms with Crippen LogP contribution in [0.5, 0.6) is 0 Å². The Balaban J connectivity index is 1.85. The Hall–Kier alpha value is -2.41. The summed E-state index contributed by atoms with van der Waals surface area (Å²) in [5.41, 5.74) is 4.04. The largest absolute Gasteiger partial charge is 0.282 e. The first-order chi connectivity index (χ1) is 11.2. The van der Waals surface area contributed by atoms with E-state index in [9.17, 15) is 0 Å². The number of fused-ring (bicyclic) bond motifs is 2. The molecule has 1 aliphatic carbocycles. The minimum atomic E-state index is -0.141. The third kappa shape index (κ3) is 2.37. The van der Waals surface area contributed by atoms with Gasteiger partial charge in [0, 0.05) is 12.1 Å². The fraction of sp³-hybridized carbons (Fsp3) is 0.227. The zero-order chi connectivity index (χ0) is 15.9. The zero-order valence-electron chi connectivity index (χ0n) is 13.7. The second-order valence-corrected chi connectivity index (χ2v) is 6.75. The van der Waals surface area contributed by atoms with E-state index in [2.05, 4.69) is 74.5 Å². The molecule has 0 radical (unpaired) electrons. The van der Waals surface area contributed by atoms with Gasteiger partial charge in [-0.25, -0.2) is 0 Å². The summed E-state index contributed by atoms with van der Waals surface area (Å²) in [6.07, 6.45) is 11.7. The molecule has 2 aromatic carbocycles. The van der Waals surface area contributed by atoms with E-state index in [0.29, 0.717) is 5.92 Å². The standard InChI is InChI=1S/C22H21N/c1-16-8-5-6-13-23-22(2)15-18(14-21(16)22)20-12-7-10-17-9-3-4-11-19(17)20/h3-13,15,21H,14H2,1-2H3/b6-5-,16-8+,23-13-. The number of hydrogen-bond donors (Lipinski definition) is 0. The quantitative estimate of drug-likeness (QED) is 0.651. The van der Waals surface area contributed by atoms with E-state index in [4.69, 9.17) is 4.99 Å². The zero-order valence-corrected chi connectivity index (χ0v) is 13.7. The van der Waals surface area contributed by atoms with E-state index in [1.54, 1.807) is 0 Å². The molecule has 23 heavy (non-hydrogen) atoms. The van der Waals surface area contributed by atoms with Crippen molar-refractivity contribution in [3.05, 3.63) is 77.9 Å². The van der Waals surface area contributed by atoms with Crippen LogP contribution in [0.1, 0.15) is 25.8 Å². The van der Waals surface area contributed by atoms with Gasteiger partial charge in [0.2, 0.25) is 0 Å². The third-order valence-electron chi connectivity index (χ3n) is 5.19. The van der Waals surface area contributed by atoms with E-state index in [-0.39, 0.29) is 5.54 Å². The number of nitrogens with zero attached hydrogens (tertiary/aromatic N) is 1. The van der Waals surface area contributed by atoms with Crippen LogP contribution in [0.25, 0.3) is 16.3 Å². The molecule has 1 heteroatoms. The van der Waals surface area contributed by atoms with Crippen molar-refractivity contribution < 1.29 is 0 Å². The van der Waals surface area contributed by atoms with Crippen LogP contribution < -0.4 is 0 Å². The van der Waals surface area contributed by atoms with Crippen LogP contribution >= 0.6 is 0 Å². The average molecular weight is 299 g/mol. The first-order valence-corrected chi connectivity index (χ1v) is 8.26. The van der Waals surface area contributed by atoms with Gasteiger partial charge in [-0.05, 0) is 48.3 Å². The summed E-state index contributed by atoms with van der Waals surface area (Å²) >= 11 is 0. The fourth-order valence-electron chi connectivity index (χ4n) is 3.96. The molecule has 0 N–H and O–H groups in total. The lowest BCUT2D eigenvalue weighted by atomic mass is 9.83.